The van der Waals surface area contributed by atoms with Gasteiger partial charge >= 0.3 is 0 Å². The van der Waals surface area contributed by atoms with E-state index < -0.39 is 0 Å². The van der Waals surface area contributed by atoms with Gasteiger partial charge in [-0.1, -0.05) is 62.2 Å². The Kier molecular flexibility index (Phi) is 5.30. The molecule has 3 aromatic carbocycles. The highest BCUT2D eigenvalue weighted by atomic mass is 79.9. The summed E-state index contributed by atoms with van der Waals surface area (Å²) < 4.78 is 8.50. The summed E-state index contributed by atoms with van der Waals surface area (Å²) in [6.45, 7) is 0. The maximum atomic E-state index is 10.4. The summed E-state index contributed by atoms with van der Waals surface area (Å²) in [6, 6.07) is 22.2. The molecular formula is C27H22Br2N2O2. The Labute approximate surface area is 209 Å². The summed E-state index contributed by atoms with van der Waals surface area (Å²) in [5.41, 5.74) is 5.38. The van der Waals surface area contributed by atoms with Crippen LogP contribution in [0.1, 0.15) is 48.2 Å². The number of fused-ring (bicyclic) bond motifs is 5. The first-order valence-corrected chi connectivity index (χ1v) is 12.7. The van der Waals surface area contributed by atoms with Gasteiger partial charge in [-0.05, 0) is 67.3 Å². The van der Waals surface area contributed by atoms with Gasteiger partial charge in [-0.25, -0.2) is 5.01 Å². The lowest BCUT2D eigenvalue weighted by molar-refractivity contribution is -0.0293. The zero-order valence-electron chi connectivity index (χ0n) is 17.8. The molecule has 0 spiro atoms. The van der Waals surface area contributed by atoms with Gasteiger partial charge in [0.05, 0.1) is 11.8 Å². The second kappa shape index (κ2) is 8.33. The van der Waals surface area contributed by atoms with Crippen molar-refractivity contribution in [1.82, 2.24) is 5.01 Å². The van der Waals surface area contributed by atoms with E-state index in [4.69, 9.17) is 9.84 Å². The molecule has 0 bridgehead atoms. The van der Waals surface area contributed by atoms with Crippen LogP contribution in [0.25, 0.3) is 6.08 Å². The van der Waals surface area contributed by atoms with Crippen LogP contribution in [-0.4, -0.2) is 15.8 Å². The lowest BCUT2D eigenvalue weighted by Gasteiger charge is -2.40. The number of phenolic OH excluding ortho intramolecular Hbond substituents is 1. The maximum absolute atomic E-state index is 10.4. The fraction of sp³-hybridized carbons (Fsp3) is 0.222. The molecule has 3 aromatic rings. The molecule has 6 heteroatoms. The Morgan fingerprint density at radius 3 is 2.64 bits per heavy atom. The molecule has 2 aliphatic heterocycles. The zero-order chi connectivity index (χ0) is 22.5. The number of benzene rings is 3. The first-order chi connectivity index (χ1) is 16.1. The molecule has 2 heterocycles. The molecule has 0 saturated heterocycles. The number of halogens is 2. The van der Waals surface area contributed by atoms with Gasteiger partial charge in [0.15, 0.2) is 0 Å². The average molecular weight is 566 g/mol. The van der Waals surface area contributed by atoms with E-state index in [2.05, 4.69) is 67.2 Å². The summed E-state index contributed by atoms with van der Waals surface area (Å²) in [5.74, 6) is 1.48. The molecule has 0 amide bonds. The van der Waals surface area contributed by atoms with Gasteiger partial charge < -0.3 is 9.84 Å². The lowest BCUT2D eigenvalue weighted by Crippen LogP contribution is -2.36. The van der Waals surface area contributed by atoms with Crippen LogP contribution in [0.15, 0.2) is 86.3 Å². The minimum absolute atomic E-state index is 0.117. The predicted molar refractivity (Wildman–Crippen MR) is 137 cm³/mol. The number of allylic oxidation sites excluding steroid dienone is 1. The third kappa shape index (κ3) is 3.69. The number of ether oxygens (including phenoxy) is 1. The van der Waals surface area contributed by atoms with Crippen LogP contribution in [0, 0.1) is 5.92 Å². The van der Waals surface area contributed by atoms with Crippen molar-refractivity contribution in [2.45, 2.75) is 31.5 Å². The number of nitrogens with zero attached hydrogens (tertiary/aromatic N) is 2. The number of hydrogen-bond acceptors (Lipinski definition) is 4. The Bertz CT molecular complexity index is 1290. The van der Waals surface area contributed by atoms with Crippen LogP contribution in [0.5, 0.6) is 11.5 Å². The van der Waals surface area contributed by atoms with Crippen molar-refractivity contribution in [2.75, 3.05) is 0 Å². The Morgan fingerprint density at radius 2 is 1.79 bits per heavy atom. The first kappa shape index (κ1) is 21.0. The molecule has 1 fully saturated rings. The van der Waals surface area contributed by atoms with Crippen molar-refractivity contribution in [3.05, 3.63) is 97.9 Å². The van der Waals surface area contributed by atoms with Crippen molar-refractivity contribution in [3.63, 3.8) is 0 Å². The second-order valence-electron chi connectivity index (χ2n) is 8.74. The number of hydrazone groups is 1. The van der Waals surface area contributed by atoms with E-state index in [9.17, 15) is 5.11 Å². The molecule has 4 nitrogen and oxygen atoms in total. The van der Waals surface area contributed by atoms with Gasteiger partial charge in [0.25, 0.3) is 0 Å². The number of phenols is 1. The van der Waals surface area contributed by atoms with Crippen LogP contribution >= 0.6 is 31.9 Å². The number of aromatic hydroxyl groups is 1. The van der Waals surface area contributed by atoms with Crippen molar-refractivity contribution < 1.29 is 9.84 Å². The molecule has 1 aliphatic carbocycles. The third-order valence-electron chi connectivity index (χ3n) is 6.70. The van der Waals surface area contributed by atoms with Gasteiger partial charge in [0.2, 0.25) is 6.23 Å². The van der Waals surface area contributed by atoms with Crippen LogP contribution < -0.4 is 4.74 Å². The Morgan fingerprint density at radius 1 is 1.00 bits per heavy atom. The molecule has 3 aliphatic rings. The normalized spacial score (nSPS) is 24.5. The van der Waals surface area contributed by atoms with Crippen LogP contribution in [0.4, 0.5) is 0 Å². The molecule has 6 rings (SSSR count). The molecule has 0 unspecified atom stereocenters. The molecule has 0 aromatic heterocycles. The Balaban J connectivity index is 1.48. The highest BCUT2D eigenvalue weighted by Crippen LogP contribution is 2.53. The summed E-state index contributed by atoms with van der Waals surface area (Å²) in [4.78, 5) is 0. The standard InChI is InChI=1S/C27H22Br2N2O2/c28-19-9-11-23(32)18(14-19)13-17-7-4-8-21-25(17)30-31-26(21)22-15-20(29)10-12-24(22)33-27(31)16-5-2-1-3-6-16/h1-3,5-6,9-15,21,26-27,32H,4,7-8H2/b17-13+/t21-,26+,27+/m1/s1. The third-order valence-corrected chi connectivity index (χ3v) is 7.69. The maximum Gasteiger partial charge on any atom is 0.213 e. The van der Waals surface area contributed by atoms with Crippen molar-refractivity contribution in [2.24, 2.45) is 11.0 Å². The monoisotopic (exact) mass is 564 g/mol. The molecule has 1 N–H and O–H groups in total. The molecule has 33 heavy (non-hydrogen) atoms. The summed E-state index contributed by atoms with van der Waals surface area (Å²) >= 11 is 7.18. The van der Waals surface area contributed by atoms with Gasteiger partial charge in [-0.2, -0.15) is 5.10 Å². The molecule has 1 saturated carbocycles. The van der Waals surface area contributed by atoms with E-state index in [1.165, 1.54) is 11.1 Å². The first-order valence-electron chi connectivity index (χ1n) is 11.2. The lowest BCUT2D eigenvalue weighted by atomic mass is 9.77. The molecule has 0 radical (unpaired) electrons. The van der Waals surface area contributed by atoms with E-state index in [0.29, 0.717) is 0 Å². The van der Waals surface area contributed by atoms with E-state index in [0.717, 1.165) is 50.8 Å². The van der Waals surface area contributed by atoms with E-state index in [1.807, 2.05) is 36.4 Å². The summed E-state index contributed by atoms with van der Waals surface area (Å²) in [6.07, 6.45) is 4.95. The predicted octanol–water partition coefficient (Wildman–Crippen LogP) is 7.60. The summed E-state index contributed by atoms with van der Waals surface area (Å²) in [7, 11) is 0. The minimum atomic E-state index is -0.275. The highest BCUT2D eigenvalue weighted by Gasteiger charge is 2.48. The van der Waals surface area contributed by atoms with Gasteiger partial charge in [-0.15, -0.1) is 0 Å². The van der Waals surface area contributed by atoms with Crippen LogP contribution in [0.3, 0.4) is 0 Å². The van der Waals surface area contributed by atoms with Crippen molar-refractivity contribution in [1.29, 1.82) is 0 Å². The molecule has 166 valence electrons. The highest BCUT2D eigenvalue weighted by molar-refractivity contribution is 9.10. The van der Waals surface area contributed by atoms with E-state index >= 15 is 0 Å². The molecule has 3 atom stereocenters. The minimum Gasteiger partial charge on any atom is -0.507 e. The fourth-order valence-corrected chi connectivity index (χ4v) is 5.99. The van der Waals surface area contributed by atoms with Crippen LogP contribution in [0.2, 0.25) is 0 Å². The van der Waals surface area contributed by atoms with Crippen molar-refractivity contribution in [3.8, 4) is 11.5 Å². The number of rotatable bonds is 2. The fourth-order valence-electron chi connectivity index (χ4n) is 5.23. The Hall–Kier alpha value is -2.57. The summed E-state index contributed by atoms with van der Waals surface area (Å²) in [5, 5.41) is 17.8. The molecular weight excluding hydrogens is 544 g/mol. The van der Waals surface area contributed by atoms with Gasteiger partial charge in [-0.3, -0.25) is 0 Å². The van der Waals surface area contributed by atoms with Crippen LogP contribution in [-0.2, 0) is 0 Å². The smallest absolute Gasteiger partial charge is 0.213 e. The second-order valence-corrected chi connectivity index (χ2v) is 10.6. The van der Waals surface area contributed by atoms with Gasteiger partial charge in [0.1, 0.15) is 11.5 Å². The topological polar surface area (TPSA) is 45.1 Å². The van der Waals surface area contributed by atoms with Gasteiger partial charge in [0, 0.05) is 31.6 Å². The SMILES string of the molecule is Oc1ccc(Br)cc1/C=C1\CCC[C@@H]2C1=NN1[C@@H]2c2cc(Br)ccc2O[C@H]1c1ccccc1. The largest absolute Gasteiger partial charge is 0.507 e. The number of hydrogen-bond donors (Lipinski definition) is 1. The quantitative estimate of drug-likeness (QED) is 0.348. The van der Waals surface area contributed by atoms with E-state index in [-0.39, 0.29) is 23.9 Å². The van der Waals surface area contributed by atoms with E-state index in [1.54, 1.807) is 6.07 Å². The zero-order valence-corrected chi connectivity index (χ0v) is 21.0. The average Bonchev–Trinajstić information content (AvgIpc) is 3.22. The van der Waals surface area contributed by atoms with Crippen molar-refractivity contribution >= 4 is 43.6 Å².